The van der Waals surface area contributed by atoms with Crippen LogP contribution >= 0.6 is 0 Å². The molecule has 0 bridgehead atoms. The van der Waals surface area contributed by atoms with Gasteiger partial charge in [0.05, 0.1) is 39.6 Å². The Morgan fingerprint density at radius 1 is 0.889 bits per heavy atom. The lowest BCUT2D eigenvalue weighted by Crippen LogP contribution is -2.16. The lowest BCUT2D eigenvalue weighted by molar-refractivity contribution is -0.120. The van der Waals surface area contributed by atoms with Crippen LogP contribution < -0.4 is 5.32 Å². The molecule has 5 nitrogen and oxygen atoms in total. The van der Waals surface area contributed by atoms with E-state index in [4.69, 9.17) is 14.2 Å². The molecule has 0 aromatic carbocycles. The Balaban J connectivity index is 3.01. The van der Waals surface area contributed by atoms with Crippen molar-refractivity contribution in [1.29, 1.82) is 0 Å². The van der Waals surface area contributed by atoms with Crippen LogP contribution in [0.2, 0.25) is 0 Å². The number of likely N-dealkylation sites (N-methyl/N-ethyl adjacent to an activating group) is 1. The first kappa shape index (κ1) is 17.5. The van der Waals surface area contributed by atoms with Crippen LogP contribution in [0.25, 0.3) is 0 Å². The summed E-state index contributed by atoms with van der Waals surface area (Å²) in [5, 5.41) is 3.00. The number of rotatable bonds is 14. The van der Waals surface area contributed by atoms with Crippen molar-refractivity contribution < 1.29 is 19.0 Å². The van der Waals surface area contributed by atoms with Gasteiger partial charge in [0.15, 0.2) is 0 Å². The van der Waals surface area contributed by atoms with Crippen molar-refractivity contribution in [3.8, 4) is 0 Å². The van der Waals surface area contributed by atoms with Gasteiger partial charge in [-0.05, 0) is 13.5 Å². The van der Waals surface area contributed by atoms with E-state index in [0.717, 1.165) is 13.0 Å². The molecule has 0 unspecified atom stereocenters. The molecule has 0 radical (unpaired) electrons. The molecule has 0 aromatic rings. The number of carbonyl (C=O) groups is 1. The second-order valence-electron chi connectivity index (χ2n) is 3.98. The van der Waals surface area contributed by atoms with Crippen LogP contribution in [0.3, 0.4) is 0 Å². The molecule has 0 spiro atoms. The van der Waals surface area contributed by atoms with Crippen LogP contribution in [0.5, 0.6) is 0 Å². The Hall–Kier alpha value is -0.490. The fourth-order valence-electron chi connectivity index (χ4n) is 1.31. The maximum absolute atomic E-state index is 11.2. The highest BCUT2D eigenvalue weighted by Crippen LogP contribution is 1.94. The van der Waals surface area contributed by atoms with E-state index < -0.39 is 0 Å². The predicted molar refractivity (Wildman–Crippen MR) is 70.9 cm³/mol. The van der Waals surface area contributed by atoms with Gasteiger partial charge < -0.3 is 19.5 Å². The molecule has 18 heavy (non-hydrogen) atoms. The minimum absolute atomic E-state index is 0.274. The number of carbonyl (C=O) groups excluding carboxylic acids is 1. The minimum atomic E-state index is 0.274. The normalized spacial score (nSPS) is 10.8. The van der Waals surface area contributed by atoms with Crippen molar-refractivity contribution in [2.75, 3.05) is 53.2 Å². The molecular weight excluding hydrogens is 234 g/mol. The highest BCUT2D eigenvalue weighted by Gasteiger charge is 1.99. The van der Waals surface area contributed by atoms with Gasteiger partial charge in [0.25, 0.3) is 0 Å². The molecule has 108 valence electrons. The fraction of sp³-hybridized carbons (Fsp3) is 0.923. The van der Waals surface area contributed by atoms with Gasteiger partial charge in [-0.1, -0.05) is 6.92 Å². The molecule has 1 N–H and O–H groups in total. The number of nitrogens with one attached hydrogen (secondary N) is 1. The molecule has 0 aliphatic carbocycles. The van der Waals surface area contributed by atoms with Crippen molar-refractivity contribution in [3.63, 3.8) is 0 Å². The van der Waals surface area contributed by atoms with Crippen molar-refractivity contribution in [3.05, 3.63) is 0 Å². The first-order valence-corrected chi connectivity index (χ1v) is 6.70. The number of ketones is 1. The summed E-state index contributed by atoms with van der Waals surface area (Å²) in [6.45, 7) is 6.35. The summed E-state index contributed by atoms with van der Waals surface area (Å²) in [6, 6.07) is 0. The first-order chi connectivity index (χ1) is 8.81. The minimum Gasteiger partial charge on any atom is -0.379 e. The van der Waals surface area contributed by atoms with Crippen LogP contribution in [0.4, 0.5) is 0 Å². The third-order valence-corrected chi connectivity index (χ3v) is 2.29. The average molecular weight is 261 g/mol. The van der Waals surface area contributed by atoms with Crippen LogP contribution in [0, 0.1) is 0 Å². The van der Waals surface area contributed by atoms with E-state index in [9.17, 15) is 4.79 Å². The van der Waals surface area contributed by atoms with Gasteiger partial charge in [0.2, 0.25) is 0 Å². The van der Waals surface area contributed by atoms with Crippen molar-refractivity contribution in [2.24, 2.45) is 0 Å². The highest BCUT2D eigenvalue weighted by molar-refractivity contribution is 5.78. The molecule has 0 aromatic heterocycles. The smallest absolute Gasteiger partial charge is 0.135 e. The van der Waals surface area contributed by atoms with Gasteiger partial charge in [-0.25, -0.2) is 0 Å². The molecule has 0 heterocycles. The van der Waals surface area contributed by atoms with Gasteiger partial charge in [-0.15, -0.1) is 0 Å². The van der Waals surface area contributed by atoms with E-state index >= 15 is 0 Å². The van der Waals surface area contributed by atoms with Crippen molar-refractivity contribution in [1.82, 2.24) is 5.32 Å². The second-order valence-corrected chi connectivity index (χ2v) is 3.98. The predicted octanol–water partition coefficient (Wildman–Crippen LogP) is 1.01. The lowest BCUT2D eigenvalue weighted by Gasteiger charge is -2.06. The van der Waals surface area contributed by atoms with E-state index in [2.05, 4.69) is 5.32 Å². The molecular formula is C13H27NO4. The van der Waals surface area contributed by atoms with Gasteiger partial charge in [-0.2, -0.15) is 0 Å². The average Bonchev–Trinajstić information content (AvgIpc) is 2.36. The number of hydrogen-bond acceptors (Lipinski definition) is 5. The summed E-state index contributed by atoms with van der Waals surface area (Å²) >= 11 is 0. The van der Waals surface area contributed by atoms with E-state index in [-0.39, 0.29) is 5.78 Å². The summed E-state index contributed by atoms with van der Waals surface area (Å²) in [7, 11) is 1.89. The number of ether oxygens (including phenoxy) is 3. The molecule has 0 rings (SSSR count). The molecule has 5 heteroatoms. The summed E-state index contributed by atoms with van der Waals surface area (Å²) in [5.74, 6) is 0.274. The first-order valence-electron chi connectivity index (χ1n) is 6.70. The number of Topliss-reactive ketones (excluding diaryl/α,β-unsaturated/α-hetero) is 1. The summed E-state index contributed by atoms with van der Waals surface area (Å²) < 4.78 is 15.9. The molecule has 0 aliphatic heterocycles. The molecule has 0 saturated carbocycles. The zero-order chi connectivity index (χ0) is 13.5. The summed E-state index contributed by atoms with van der Waals surface area (Å²) in [6.07, 6.45) is 2.08. The zero-order valence-corrected chi connectivity index (χ0v) is 11.7. The topological polar surface area (TPSA) is 56.8 Å². The maximum Gasteiger partial charge on any atom is 0.135 e. The van der Waals surface area contributed by atoms with E-state index in [1.165, 1.54) is 0 Å². The fourth-order valence-corrected chi connectivity index (χ4v) is 1.31. The van der Waals surface area contributed by atoms with Gasteiger partial charge in [-0.3, -0.25) is 4.79 Å². The van der Waals surface area contributed by atoms with Gasteiger partial charge >= 0.3 is 0 Å². The van der Waals surface area contributed by atoms with E-state index in [1.807, 2.05) is 14.0 Å². The molecule has 0 saturated heterocycles. The number of hydrogen-bond donors (Lipinski definition) is 1. The highest BCUT2D eigenvalue weighted by atomic mass is 16.5. The van der Waals surface area contributed by atoms with Gasteiger partial charge in [0.1, 0.15) is 5.78 Å². The Morgan fingerprint density at radius 3 is 2.00 bits per heavy atom. The summed E-state index contributed by atoms with van der Waals surface area (Å²) in [4.78, 5) is 11.2. The molecule has 0 amide bonds. The van der Waals surface area contributed by atoms with Crippen LogP contribution in [0.1, 0.15) is 26.2 Å². The molecule has 0 aliphatic rings. The van der Waals surface area contributed by atoms with Gasteiger partial charge in [0, 0.05) is 19.4 Å². The van der Waals surface area contributed by atoms with E-state index in [0.29, 0.717) is 52.5 Å². The summed E-state index contributed by atoms with van der Waals surface area (Å²) in [5.41, 5.74) is 0. The third-order valence-electron chi connectivity index (χ3n) is 2.29. The molecule has 0 atom stereocenters. The quantitative estimate of drug-likeness (QED) is 0.473. The standard InChI is InChI=1S/C13H27NO4/c1-3-4-13(15)5-7-16-9-11-18-12-10-17-8-6-14-2/h14H,3-12H2,1-2H3. The zero-order valence-electron chi connectivity index (χ0n) is 11.7. The monoisotopic (exact) mass is 261 g/mol. The Morgan fingerprint density at radius 2 is 1.44 bits per heavy atom. The van der Waals surface area contributed by atoms with Crippen LogP contribution in [-0.2, 0) is 19.0 Å². The Labute approximate surface area is 110 Å². The van der Waals surface area contributed by atoms with Crippen LogP contribution in [0.15, 0.2) is 0 Å². The Kier molecular flexibility index (Phi) is 14.2. The van der Waals surface area contributed by atoms with E-state index in [1.54, 1.807) is 0 Å². The third kappa shape index (κ3) is 13.6. The largest absolute Gasteiger partial charge is 0.379 e. The van der Waals surface area contributed by atoms with Crippen molar-refractivity contribution >= 4 is 5.78 Å². The SMILES string of the molecule is CCCC(=O)CCOCCOCCOCCNC. The van der Waals surface area contributed by atoms with Crippen LogP contribution in [-0.4, -0.2) is 59.0 Å². The molecule has 0 fully saturated rings. The Bertz CT molecular complexity index is 188. The van der Waals surface area contributed by atoms with Crippen molar-refractivity contribution in [2.45, 2.75) is 26.2 Å². The lowest BCUT2D eigenvalue weighted by atomic mass is 10.2. The maximum atomic E-state index is 11.2. The second kappa shape index (κ2) is 14.6.